The average molecular weight is 615 g/mol. The minimum Gasteiger partial charge on any atom is -0.508 e. The van der Waals surface area contributed by atoms with E-state index < -0.39 is 9.49 Å². The second-order valence-corrected chi connectivity index (χ2v) is 15.6. The van der Waals surface area contributed by atoms with Gasteiger partial charge < -0.3 is 20.5 Å². The van der Waals surface area contributed by atoms with Crippen LogP contribution in [0.15, 0.2) is 58.3 Å². The number of aromatic hydroxyl groups is 1. The Kier molecular flexibility index (Phi) is 13.4. The van der Waals surface area contributed by atoms with Crippen molar-refractivity contribution >= 4 is 35.3 Å². The van der Waals surface area contributed by atoms with Crippen LogP contribution in [0.2, 0.25) is 0 Å². The lowest BCUT2D eigenvalue weighted by atomic mass is 9.95. The van der Waals surface area contributed by atoms with Crippen molar-refractivity contribution < 1.29 is 19.4 Å². The summed E-state index contributed by atoms with van der Waals surface area (Å²) in [6.45, 7) is 10.5. The number of phenolic OH excluding ortho intramolecular Hbond substituents is 1. The van der Waals surface area contributed by atoms with Gasteiger partial charge in [-0.05, 0) is 109 Å². The first kappa shape index (κ1) is 34.2. The molecule has 0 atom stereocenters. The fourth-order valence-corrected chi connectivity index (χ4v) is 7.21. The molecule has 2 aliphatic rings. The third kappa shape index (κ3) is 11.4. The molecule has 0 unspecified atom stereocenters. The van der Waals surface area contributed by atoms with E-state index in [2.05, 4.69) is 10.6 Å². The predicted molar refractivity (Wildman–Crippen MR) is 176 cm³/mol. The molecular weight excluding hydrogens is 565 g/mol. The molecule has 2 fully saturated rings. The highest BCUT2D eigenvalue weighted by Gasteiger charge is 2.32. The molecule has 0 heterocycles. The maximum atomic E-state index is 12.6. The number of rotatable bonds is 10. The van der Waals surface area contributed by atoms with Crippen LogP contribution < -0.4 is 15.4 Å². The van der Waals surface area contributed by atoms with Crippen LogP contribution in [0.4, 0.5) is 0 Å². The molecule has 0 aliphatic heterocycles. The van der Waals surface area contributed by atoms with E-state index in [1.54, 1.807) is 23.9 Å². The third-order valence-electron chi connectivity index (χ3n) is 7.69. The Morgan fingerprint density at radius 1 is 0.714 bits per heavy atom. The normalized spacial score (nSPS) is 16.6. The van der Waals surface area contributed by atoms with Gasteiger partial charge in [0.1, 0.15) is 11.5 Å². The number of ether oxygens (including phenoxy) is 1. The SMILES string of the molecule is CC(C)(Sc1ccc(O)cc1)C(=O)NC1CCCCC1.CCOc1ccc(SC(C)(C)C(=O)NC2CCCCC2)cc1. The van der Waals surface area contributed by atoms with Crippen LogP contribution in [0, 0.1) is 0 Å². The van der Waals surface area contributed by atoms with Crippen LogP contribution in [-0.2, 0) is 9.59 Å². The lowest BCUT2D eigenvalue weighted by Gasteiger charge is -2.29. The highest BCUT2D eigenvalue weighted by atomic mass is 32.2. The molecule has 8 heteroatoms. The highest BCUT2D eigenvalue weighted by Crippen LogP contribution is 2.35. The van der Waals surface area contributed by atoms with Crippen molar-refractivity contribution in [3.63, 3.8) is 0 Å². The summed E-state index contributed by atoms with van der Waals surface area (Å²) in [6.07, 6.45) is 11.9. The van der Waals surface area contributed by atoms with Gasteiger partial charge in [0.05, 0.1) is 16.1 Å². The maximum absolute atomic E-state index is 12.6. The summed E-state index contributed by atoms with van der Waals surface area (Å²) >= 11 is 3.13. The Morgan fingerprint density at radius 2 is 1.10 bits per heavy atom. The Balaban J connectivity index is 0.000000231. The smallest absolute Gasteiger partial charge is 0.236 e. The number of hydrogen-bond donors (Lipinski definition) is 3. The molecule has 232 valence electrons. The van der Waals surface area contributed by atoms with Gasteiger partial charge in [0.25, 0.3) is 0 Å². The fraction of sp³-hybridized carbons (Fsp3) is 0.588. The van der Waals surface area contributed by atoms with E-state index in [1.807, 2.05) is 71.0 Å². The molecule has 2 aromatic carbocycles. The second-order valence-electron chi connectivity index (χ2n) is 12.2. The zero-order valence-electron chi connectivity index (χ0n) is 26.0. The number of thioether (sulfide) groups is 2. The van der Waals surface area contributed by atoms with E-state index in [-0.39, 0.29) is 17.6 Å². The number of hydrogen-bond acceptors (Lipinski definition) is 6. The largest absolute Gasteiger partial charge is 0.508 e. The number of carbonyl (C=O) groups excluding carboxylic acids is 2. The first-order valence-electron chi connectivity index (χ1n) is 15.5. The minimum absolute atomic E-state index is 0.0995. The maximum Gasteiger partial charge on any atom is 0.236 e. The first-order valence-corrected chi connectivity index (χ1v) is 17.1. The molecule has 0 saturated heterocycles. The molecule has 2 amide bonds. The van der Waals surface area contributed by atoms with E-state index in [0.717, 1.165) is 41.2 Å². The highest BCUT2D eigenvalue weighted by molar-refractivity contribution is 8.01. The molecule has 0 spiro atoms. The van der Waals surface area contributed by atoms with Gasteiger partial charge >= 0.3 is 0 Å². The van der Waals surface area contributed by atoms with Crippen molar-refractivity contribution in [2.45, 2.75) is 130 Å². The Bertz CT molecular complexity index is 1110. The number of phenols is 1. The molecule has 3 N–H and O–H groups in total. The van der Waals surface area contributed by atoms with E-state index in [4.69, 9.17) is 4.74 Å². The van der Waals surface area contributed by atoms with Crippen LogP contribution in [0.5, 0.6) is 11.5 Å². The molecule has 0 bridgehead atoms. The number of benzene rings is 2. The van der Waals surface area contributed by atoms with E-state index in [1.165, 1.54) is 50.3 Å². The molecule has 2 saturated carbocycles. The molecule has 2 aromatic rings. The molecule has 0 aromatic heterocycles. The Morgan fingerprint density at radius 3 is 1.48 bits per heavy atom. The van der Waals surface area contributed by atoms with E-state index in [0.29, 0.717) is 18.7 Å². The van der Waals surface area contributed by atoms with Gasteiger partial charge in [-0.2, -0.15) is 0 Å². The van der Waals surface area contributed by atoms with Crippen LogP contribution in [0.1, 0.15) is 98.8 Å². The van der Waals surface area contributed by atoms with Gasteiger partial charge in [-0.3, -0.25) is 9.59 Å². The quantitative estimate of drug-likeness (QED) is 0.234. The third-order valence-corrected chi connectivity index (χ3v) is 10.1. The van der Waals surface area contributed by atoms with Gasteiger partial charge in [0.15, 0.2) is 0 Å². The number of carbonyl (C=O) groups is 2. The van der Waals surface area contributed by atoms with Crippen LogP contribution >= 0.6 is 23.5 Å². The monoisotopic (exact) mass is 614 g/mol. The fourth-order valence-electron chi connectivity index (χ4n) is 5.18. The average Bonchev–Trinajstić information content (AvgIpc) is 2.96. The topological polar surface area (TPSA) is 87.7 Å². The van der Waals surface area contributed by atoms with Crippen LogP contribution in [0.3, 0.4) is 0 Å². The molecule has 42 heavy (non-hydrogen) atoms. The standard InChI is InChI=1S/C18H27NO2S.C16H23NO2S/c1-4-21-15-10-12-16(13-11-15)22-18(2,3)17(20)19-14-8-6-5-7-9-14;1-16(2,20-14-10-8-13(18)9-11-14)15(19)17-12-6-4-3-5-7-12/h10-14H,4-9H2,1-3H3,(H,19,20);8-12,18H,3-7H2,1-2H3,(H,17,19). The van der Waals surface area contributed by atoms with Gasteiger partial charge in [-0.15, -0.1) is 23.5 Å². The number of nitrogens with one attached hydrogen (secondary N) is 2. The van der Waals surface area contributed by atoms with Crippen molar-refractivity contribution in [2.75, 3.05) is 6.61 Å². The lowest BCUT2D eigenvalue weighted by molar-refractivity contribution is -0.124. The summed E-state index contributed by atoms with van der Waals surface area (Å²) in [5.41, 5.74) is 0. The molecule has 2 aliphatic carbocycles. The lowest BCUT2D eigenvalue weighted by Crippen LogP contribution is -2.45. The van der Waals surface area contributed by atoms with Gasteiger partial charge in [-0.1, -0.05) is 38.5 Å². The first-order chi connectivity index (χ1) is 20.0. The van der Waals surface area contributed by atoms with Crippen molar-refractivity contribution in [3.8, 4) is 11.5 Å². The summed E-state index contributed by atoms with van der Waals surface area (Å²) in [5.74, 6) is 1.36. The number of amides is 2. The predicted octanol–water partition coefficient (Wildman–Crippen LogP) is 8.12. The van der Waals surface area contributed by atoms with E-state index in [9.17, 15) is 14.7 Å². The Hall–Kier alpha value is -2.32. The van der Waals surface area contributed by atoms with Crippen molar-refractivity contribution in [3.05, 3.63) is 48.5 Å². The zero-order valence-corrected chi connectivity index (χ0v) is 27.7. The van der Waals surface area contributed by atoms with Gasteiger partial charge in [0, 0.05) is 21.9 Å². The van der Waals surface area contributed by atoms with Crippen molar-refractivity contribution in [1.82, 2.24) is 10.6 Å². The summed E-state index contributed by atoms with van der Waals surface area (Å²) < 4.78 is 4.48. The molecule has 6 nitrogen and oxygen atoms in total. The Labute approximate surface area is 261 Å². The summed E-state index contributed by atoms with van der Waals surface area (Å²) in [4.78, 5) is 27.1. The van der Waals surface area contributed by atoms with Gasteiger partial charge in [-0.25, -0.2) is 0 Å². The molecular formula is C34H50N2O4S2. The second kappa shape index (κ2) is 16.5. The molecule has 4 rings (SSSR count). The van der Waals surface area contributed by atoms with Crippen molar-refractivity contribution in [2.24, 2.45) is 0 Å². The van der Waals surface area contributed by atoms with Crippen molar-refractivity contribution in [1.29, 1.82) is 0 Å². The molecule has 0 radical (unpaired) electrons. The van der Waals surface area contributed by atoms with Gasteiger partial charge in [0.2, 0.25) is 11.8 Å². The summed E-state index contributed by atoms with van der Waals surface area (Å²) in [7, 11) is 0. The summed E-state index contributed by atoms with van der Waals surface area (Å²) in [6, 6.07) is 15.6. The van der Waals surface area contributed by atoms with Crippen LogP contribution in [0.25, 0.3) is 0 Å². The minimum atomic E-state index is -0.506. The van der Waals surface area contributed by atoms with E-state index >= 15 is 0 Å². The van der Waals surface area contributed by atoms with Crippen LogP contribution in [-0.4, -0.2) is 45.1 Å². The summed E-state index contributed by atoms with van der Waals surface area (Å²) in [5, 5.41) is 15.7. The zero-order chi connectivity index (χ0) is 30.6.